The summed E-state index contributed by atoms with van der Waals surface area (Å²) in [5.74, 6) is 0.516. The van der Waals surface area contributed by atoms with Crippen molar-refractivity contribution in [2.24, 2.45) is 0 Å². The third-order valence-corrected chi connectivity index (χ3v) is 4.40. The normalized spacial score (nSPS) is 10.3. The SMILES string of the molecule is COc1ccc(C=CC(=O)NC(=S)NNC(=O)Cc2cccs2)c(OC)c1. The highest BCUT2D eigenvalue weighted by molar-refractivity contribution is 7.80. The van der Waals surface area contributed by atoms with Crippen molar-refractivity contribution < 1.29 is 19.1 Å². The average molecular weight is 406 g/mol. The van der Waals surface area contributed by atoms with Gasteiger partial charge >= 0.3 is 0 Å². The molecule has 0 radical (unpaired) electrons. The largest absolute Gasteiger partial charge is 0.497 e. The third kappa shape index (κ3) is 6.72. The maximum Gasteiger partial charge on any atom is 0.250 e. The number of methoxy groups -OCH3 is 2. The third-order valence-electron chi connectivity index (χ3n) is 3.32. The molecule has 1 heterocycles. The number of hydrogen-bond acceptors (Lipinski definition) is 6. The van der Waals surface area contributed by atoms with E-state index >= 15 is 0 Å². The van der Waals surface area contributed by atoms with Gasteiger partial charge in [-0.25, -0.2) is 0 Å². The van der Waals surface area contributed by atoms with Crippen LogP contribution in [-0.4, -0.2) is 31.1 Å². The predicted octanol–water partition coefficient (Wildman–Crippen LogP) is 2.04. The summed E-state index contributed by atoms with van der Waals surface area (Å²) < 4.78 is 10.4. The van der Waals surface area contributed by atoms with Crippen molar-refractivity contribution in [3.05, 3.63) is 52.2 Å². The van der Waals surface area contributed by atoms with Crippen LogP contribution in [0.15, 0.2) is 41.8 Å². The van der Waals surface area contributed by atoms with Crippen molar-refractivity contribution >= 4 is 46.6 Å². The number of benzene rings is 1. The molecule has 0 saturated heterocycles. The van der Waals surface area contributed by atoms with Crippen LogP contribution < -0.4 is 25.6 Å². The highest BCUT2D eigenvalue weighted by Crippen LogP contribution is 2.25. The molecule has 0 bridgehead atoms. The van der Waals surface area contributed by atoms with Gasteiger partial charge in [0.25, 0.3) is 0 Å². The number of amides is 2. The Balaban J connectivity index is 1.81. The summed E-state index contributed by atoms with van der Waals surface area (Å²) in [6, 6.07) is 8.98. The van der Waals surface area contributed by atoms with Gasteiger partial charge in [-0.2, -0.15) is 0 Å². The van der Waals surface area contributed by atoms with Crippen molar-refractivity contribution in [1.29, 1.82) is 0 Å². The monoisotopic (exact) mass is 405 g/mol. The predicted molar refractivity (Wildman–Crippen MR) is 109 cm³/mol. The number of rotatable bonds is 6. The Kier molecular flexibility index (Phi) is 7.78. The molecule has 7 nitrogen and oxygen atoms in total. The summed E-state index contributed by atoms with van der Waals surface area (Å²) >= 11 is 6.47. The fraction of sp³-hybridized carbons (Fsp3) is 0.167. The van der Waals surface area contributed by atoms with E-state index in [0.717, 1.165) is 4.88 Å². The second-order valence-corrected chi connectivity index (χ2v) is 6.63. The van der Waals surface area contributed by atoms with Gasteiger partial charge in [0.05, 0.1) is 20.6 Å². The quantitative estimate of drug-likeness (QED) is 0.387. The summed E-state index contributed by atoms with van der Waals surface area (Å²) in [5, 5.41) is 4.33. The van der Waals surface area contributed by atoms with Crippen LogP contribution in [0.1, 0.15) is 10.4 Å². The van der Waals surface area contributed by atoms with Gasteiger partial charge in [0, 0.05) is 22.6 Å². The Morgan fingerprint density at radius 1 is 1.19 bits per heavy atom. The van der Waals surface area contributed by atoms with Gasteiger partial charge in [-0.05, 0) is 41.9 Å². The van der Waals surface area contributed by atoms with E-state index in [0.29, 0.717) is 17.1 Å². The standard InChI is InChI=1S/C18H19N3O4S2/c1-24-13-7-5-12(15(10-13)25-2)6-8-16(22)19-18(26)21-20-17(23)11-14-4-3-9-27-14/h3-10H,11H2,1-2H3,(H,20,23)(H2,19,21,22,26). The molecule has 2 rings (SSSR count). The molecule has 0 atom stereocenters. The van der Waals surface area contributed by atoms with Gasteiger partial charge in [0.15, 0.2) is 5.11 Å². The van der Waals surface area contributed by atoms with E-state index < -0.39 is 5.91 Å². The number of hydrogen-bond donors (Lipinski definition) is 3. The molecule has 0 fully saturated rings. The molecule has 3 N–H and O–H groups in total. The van der Waals surface area contributed by atoms with Crippen molar-refractivity contribution in [2.75, 3.05) is 14.2 Å². The van der Waals surface area contributed by atoms with Gasteiger partial charge in [0.1, 0.15) is 11.5 Å². The fourth-order valence-corrected chi connectivity index (χ4v) is 2.90. The summed E-state index contributed by atoms with van der Waals surface area (Å²) in [4.78, 5) is 24.6. The Labute approximate surface area is 166 Å². The Hall–Kier alpha value is -2.91. The van der Waals surface area contributed by atoms with Crippen LogP contribution in [0.25, 0.3) is 6.08 Å². The van der Waals surface area contributed by atoms with Gasteiger partial charge in [-0.1, -0.05) is 6.07 Å². The van der Waals surface area contributed by atoms with Crippen molar-refractivity contribution in [2.45, 2.75) is 6.42 Å². The van der Waals surface area contributed by atoms with Crippen molar-refractivity contribution in [3.8, 4) is 11.5 Å². The van der Waals surface area contributed by atoms with Crippen LogP contribution in [0.2, 0.25) is 0 Å². The molecule has 0 spiro atoms. The Morgan fingerprint density at radius 2 is 2.00 bits per heavy atom. The smallest absolute Gasteiger partial charge is 0.250 e. The number of thiophene rings is 1. The lowest BCUT2D eigenvalue weighted by Crippen LogP contribution is -2.48. The highest BCUT2D eigenvalue weighted by atomic mass is 32.1. The Morgan fingerprint density at radius 3 is 2.67 bits per heavy atom. The number of carbonyl (C=O) groups is 2. The molecule has 2 aromatic rings. The zero-order valence-corrected chi connectivity index (χ0v) is 16.4. The van der Waals surface area contributed by atoms with Crippen molar-refractivity contribution in [3.63, 3.8) is 0 Å². The maximum absolute atomic E-state index is 11.9. The topological polar surface area (TPSA) is 88.7 Å². The molecule has 27 heavy (non-hydrogen) atoms. The van der Waals surface area contributed by atoms with Crippen LogP contribution in [0.4, 0.5) is 0 Å². The maximum atomic E-state index is 11.9. The number of ether oxygens (including phenoxy) is 2. The summed E-state index contributed by atoms with van der Waals surface area (Å²) in [6.45, 7) is 0. The summed E-state index contributed by atoms with van der Waals surface area (Å²) in [7, 11) is 3.09. The first-order valence-electron chi connectivity index (χ1n) is 7.84. The molecule has 0 aliphatic carbocycles. The van der Waals surface area contributed by atoms with Gasteiger partial charge in [-0.15, -0.1) is 11.3 Å². The number of thiocarbonyl (C=S) groups is 1. The second kappa shape index (κ2) is 10.3. The van der Waals surface area contributed by atoms with E-state index in [1.54, 1.807) is 31.4 Å². The lowest BCUT2D eigenvalue weighted by molar-refractivity contribution is -0.121. The molecule has 0 unspecified atom stereocenters. The minimum Gasteiger partial charge on any atom is -0.497 e. The lowest BCUT2D eigenvalue weighted by atomic mass is 10.1. The molecular weight excluding hydrogens is 386 g/mol. The average Bonchev–Trinajstić information content (AvgIpc) is 3.17. The zero-order valence-electron chi connectivity index (χ0n) is 14.8. The van der Waals surface area contributed by atoms with E-state index in [9.17, 15) is 9.59 Å². The second-order valence-electron chi connectivity index (χ2n) is 5.19. The first-order valence-corrected chi connectivity index (χ1v) is 9.13. The van der Waals surface area contributed by atoms with Crippen LogP contribution in [0.3, 0.4) is 0 Å². The highest BCUT2D eigenvalue weighted by Gasteiger charge is 2.07. The molecule has 9 heteroatoms. The number of carbonyl (C=O) groups excluding carboxylic acids is 2. The summed E-state index contributed by atoms with van der Waals surface area (Å²) in [6.07, 6.45) is 3.13. The minimum atomic E-state index is -0.446. The van der Waals surface area contributed by atoms with Crippen LogP contribution >= 0.6 is 23.6 Å². The first-order chi connectivity index (χ1) is 13.0. The van der Waals surface area contributed by atoms with E-state index in [4.69, 9.17) is 21.7 Å². The first kappa shape index (κ1) is 20.4. The van der Waals surface area contributed by atoms with Crippen molar-refractivity contribution in [1.82, 2.24) is 16.2 Å². The van der Waals surface area contributed by atoms with Gasteiger partial charge < -0.3 is 9.47 Å². The molecule has 1 aromatic heterocycles. The molecule has 2 amide bonds. The summed E-state index contributed by atoms with van der Waals surface area (Å²) in [5.41, 5.74) is 5.63. The van der Waals surface area contributed by atoms with Crippen LogP contribution in [0.5, 0.6) is 11.5 Å². The molecule has 1 aromatic carbocycles. The van der Waals surface area contributed by atoms with Crippen LogP contribution in [-0.2, 0) is 16.0 Å². The zero-order chi connectivity index (χ0) is 19.6. The Bertz CT molecular complexity index is 835. The van der Waals surface area contributed by atoms with E-state index in [2.05, 4.69) is 16.2 Å². The van der Waals surface area contributed by atoms with E-state index in [-0.39, 0.29) is 17.4 Å². The molecule has 0 aliphatic rings. The fourth-order valence-electron chi connectivity index (χ4n) is 2.05. The van der Waals surface area contributed by atoms with E-state index in [1.165, 1.54) is 24.5 Å². The number of nitrogens with one attached hydrogen (secondary N) is 3. The molecule has 0 aliphatic heterocycles. The minimum absolute atomic E-state index is 0.00845. The molecular formula is C18H19N3O4S2. The number of hydrazine groups is 1. The van der Waals surface area contributed by atoms with Gasteiger partial charge in [-0.3, -0.25) is 25.8 Å². The lowest BCUT2D eigenvalue weighted by Gasteiger charge is -2.09. The molecule has 0 saturated carbocycles. The molecule has 142 valence electrons. The van der Waals surface area contributed by atoms with Gasteiger partial charge in [0.2, 0.25) is 11.8 Å². The van der Waals surface area contributed by atoms with Crippen LogP contribution in [0, 0.1) is 0 Å². The van der Waals surface area contributed by atoms with E-state index in [1.807, 2.05) is 17.5 Å².